The van der Waals surface area contributed by atoms with Crippen molar-refractivity contribution in [3.8, 4) is 0 Å². The van der Waals surface area contributed by atoms with Crippen LogP contribution in [0.5, 0.6) is 0 Å². The van der Waals surface area contributed by atoms with Crippen molar-refractivity contribution in [1.29, 1.82) is 0 Å². The van der Waals surface area contributed by atoms with E-state index in [1.165, 1.54) is 5.57 Å². The number of fused-ring (bicyclic) bond motifs is 3. The standard InChI is InChI=1S/C8H8N2O2/c11-8(12)7-6-4-1-3(4)2-5(6)9-10-7/h1-2,4,6-7,9-10H,(H,11,12). The average Bonchev–Trinajstić information content (AvgIpc) is 2.53. The lowest BCUT2D eigenvalue weighted by Crippen LogP contribution is -2.39. The summed E-state index contributed by atoms with van der Waals surface area (Å²) in [5.41, 5.74) is 7.98. The van der Waals surface area contributed by atoms with Gasteiger partial charge in [0.15, 0.2) is 0 Å². The second-order valence-electron chi connectivity index (χ2n) is 3.40. The Balaban J connectivity index is 1.94. The molecule has 0 aromatic rings. The molecule has 0 radical (unpaired) electrons. The summed E-state index contributed by atoms with van der Waals surface area (Å²) in [5, 5.41) is 8.84. The fraction of sp³-hybridized carbons (Fsp3) is 0.375. The van der Waals surface area contributed by atoms with E-state index in [0.29, 0.717) is 5.92 Å². The molecule has 1 heterocycles. The molecule has 3 N–H and O–H groups in total. The van der Waals surface area contributed by atoms with Gasteiger partial charge in [0, 0.05) is 17.5 Å². The molecule has 4 heteroatoms. The Bertz CT molecular complexity index is 332. The topological polar surface area (TPSA) is 61.4 Å². The van der Waals surface area contributed by atoms with Gasteiger partial charge in [0.05, 0.1) is 0 Å². The largest absolute Gasteiger partial charge is 0.480 e. The fourth-order valence-corrected chi connectivity index (χ4v) is 2.06. The van der Waals surface area contributed by atoms with Gasteiger partial charge in [-0.05, 0) is 11.6 Å². The molecule has 3 rings (SSSR count). The summed E-state index contributed by atoms with van der Waals surface area (Å²) < 4.78 is 0. The molecule has 0 amide bonds. The van der Waals surface area contributed by atoms with E-state index in [2.05, 4.69) is 16.9 Å². The molecule has 0 spiro atoms. The van der Waals surface area contributed by atoms with Crippen LogP contribution in [0.25, 0.3) is 0 Å². The second-order valence-corrected chi connectivity index (χ2v) is 3.40. The molecule has 0 saturated carbocycles. The number of nitrogens with one attached hydrogen (secondary N) is 2. The third-order valence-electron chi connectivity index (χ3n) is 2.71. The van der Waals surface area contributed by atoms with Gasteiger partial charge in [-0.25, -0.2) is 5.43 Å². The molecule has 3 unspecified atom stereocenters. The summed E-state index contributed by atoms with van der Waals surface area (Å²) in [6.45, 7) is 0. The van der Waals surface area contributed by atoms with Gasteiger partial charge < -0.3 is 10.5 Å². The maximum absolute atomic E-state index is 10.8. The number of hydrogen-bond donors (Lipinski definition) is 3. The van der Waals surface area contributed by atoms with Crippen LogP contribution in [0.2, 0.25) is 0 Å². The number of hydrogen-bond acceptors (Lipinski definition) is 3. The number of hydrazine groups is 1. The first kappa shape index (κ1) is 6.25. The number of carboxylic acids is 1. The first-order valence-corrected chi connectivity index (χ1v) is 3.95. The number of allylic oxidation sites excluding steroid dienone is 3. The van der Waals surface area contributed by atoms with Crippen LogP contribution in [0.15, 0.2) is 23.4 Å². The Morgan fingerprint density at radius 1 is 1.58 bits per heavy atom. The molecule has 3 atom stereocenters. The number of rotatable bonds is 1. The third-order valence-corrected chi connectivity index (χ3v) is 2.71. The van der Waals surface area contributed by atoms with Crippen molar-refractivity contribution in [2.45, 2.75) is 6.04 Å². The number of carbonyl (C=O) groups is 1. The van der Waals surface area contributed by atoms with Gasteiger partial charge in [-0.1, -0.05) is 6.08 Å². The predicted octanol–water partition coefficient (Wildman–Crippen LogP) is -0.383. The molecule has 12 heavy (non-hydrogen) atoms. The molecule has 2 aliphatic carbocycles. The van der Waals surface area contributed by atoms with Crippen molar-refractivity contribution >= 4 is 5.97 Å². The minimum Gasteiger partial charge on any atom is -0.480 e. The highest BCUT2D eigenvalue weighted by atomic mass is 16.4. The molecule has 0 aromatic heterocycles. The average molecular weight is 164 g/mol. The lowest BCUT2D eigenvalue weighted by Gasteiger charge is -2.10. The van der Waals surface area contributed by atoms with Gasteiger partial charge in [0.25, 0.3) is 0 Å². The Kier molecular flexibility index (Phi) is 0.895. The minimum absolute atomic E-state index is 0.123. The summed E-state index contributed by atoms with van der Waals surface area (Å²) in [5.74, 6) is -0.265. The van der Waals surface area contributed by atoms with Crippen molar-refractivity contribution in [2.24, 2.45) is 11.8 Å². The van der Waals surface area contributed by atoms with Gasteiger partial charge in [-0.2, -0.15) is 0 Å². The van der Waals surface area contributed by atoms with Crippen LogP contribution in [0.4, 0.5) is 0 Å². The molecular weight excluding hydrogens is 156 g/mol. The second kappa shape index (κ2) is 1.72. The fourth-order valence-electron chi connectivity index (χ4n) is 2.06. The number of carboxylic acid groups (broad SMARTS) is 1. The minimum atomic E-state index is -0.780. The van der Waals surface area contributed by atoms with E-state index in [1.807, 2.05) is 6.08 Å². The van der Waals surface area contributed by atoms with Crippen LogP contribution < -0.4 is 10.9 Å². The summed E-state index contributed by atoms with van der Waals surface area (Å²) in [6, 6.07) is -0.461. The molecule has 1 aliphatic heterocycles. The third kappa shape index (κ3) is 0.587. The zero-order chi connectivity index (χ0) is 8.29. The first-order chi connectivity index (χ1) is 5.77. The monoisotopic (exact) mass is 164 g/mol. The Labute approximate surface area is 68.9 Å². The lowest BCUT2D eigenvalue weighted by molar-refractivity contribution is -0.140. The van der Waals surface area contributed by atoms with E-state index >= 15 is 0 Å². The SMILES string of the molecule is O=C(O)C1NNC2=CC3=CC3C21. The Morgan fingerprint density at radius 2 is 2.42 bits per heavy atom. The highest BCUT2D eigenvalue weighted by molar-refractivity contribution is 5.77. The maximum Gasteiger partial charge on any atom is 0.323 e. The first-order valence-electron chi connectivity index (χ1n) is 3.95. The lowest BCUT2D eigenvalue weighted by atomic mass is 9.95. The zero-order valence-electron chi connectivity index (χ0n) is 6.24. The normalized spacial score (nSPS) is 40.8. The Morgan fingerprint density at radius 3 is 3.17 bits per heavy atom. The van der Waals surface area contributed by atoms with Crippen LogP contribution in [0, 0.1) is 11.8 Å². The smallest absolute Gasteiger partial charge is 0.323 e. The van der Waals surface area contributed by atoms with Crippen molar-refractivity contribution in [3.05, 3.63) is 23.4 Å². The van der Waals surface area contributed by atoms with Gasteiger partial charge in [-0.15, -0.1) is 0 Å². The van der Waals surface area contributed by atoms with Gasteiger partial charge >= 0.3 is 5.97 Å². The van der Waals surface area contributed by atoms with E-state index in [-0.39, 0.29) is 5.92 Å². The number of aliphatic carboxylic acids is 1. The Hall–Kier alpha value is -1.29. The van der Waals surface area contributed by atoms with Crippen molar-refractivity contribution in [3.63, 3.8) is 0 Å². The summed E-state index contributed by atoms with van der Waals surface area (Å²) in [6.07, 6.45) is 4.14. The van der Waals surface area contributed by atoms with E-state index in [1.54, 1.807) is 0 Å². The molecule has 1 saturated heterocycles. The van der Waals surface area contributed by atoms with Crippen molar-refractivity contribution < 1.29 is 9.90 Å². The summed E-state index contributed by atoms with van der Waals surface area (Å²) >= 11 is 0. The highest BCUT2D eigenvalue weighted by Crippen LogP contribution is 2.49. The predicted molar refractivity (Wildman–Crippen MR) is 40.8 cm³/mol. The van der Waals surface area contributed by atoms with Crippen molar-refractivity contribution in [2.75, 3.05) is 0 Å². The zero-order valence-corrected chi connectivity index (χ0v) is 6.24. The van der Waals surface area contributed by atoms with Crippen LogP contribution in [-0.2, 0) is 4.79 Å². The van der Waals surface area contributed by atoms with Crippen LogP contribution in [0.3, 0.4) is 0 Å². The summed E-state index contributed by atoms with van der Waals surface area (Å²) in [7, 11) is 0. The summed E-state index contributed by atoms with van der Waals surface area (Å²) in [4.78, 5) is 10.8. The molecular formula is C8H8N2O2. The van der Waals surface area contributed by atoms with E-state index in [0.717, 1.165) is 5.70 Å². The van der Waals surface area contributed by atoms with E-state index in [4.69, 9.17) is 5.11 Å². The molecule has 0 bridgehead atoms. The maximum atomic E-state index is 10.8. The van der Waals surface area contributed by atoms with Gasteiger partial charge in [0.2, 0.25) is 0 Å². The molecule has 62 valence electrons. The molecule has 4 nitrogen and oxygen atoms in total. The van der Waals surface area contributed by atoms with Crippen LogP contribution in [0.1, 0.15) is 0 Å². The van der Waals surface area contributed by atoms with E-state index < -0.39 is 12.0 Å². The van der Waals surface area contributed by atoms with Gasteiger partial charge in [-0.3, -0.25) is 4.79 Å². The van der Waals surface area contributed by atoms with Gasteiger partial charge in [0.1, 0.15) is 6.04 Å². The van der Waals surface area contributed by atoms with Crippen LogP contribution in [-0.4, -0.2) is 17.1 Å². The van der Waals surface area contributed by atoms with Crippen LogP contribution >= 0.6 is 0 Å². The highest BCUT2D eigenvalue weighted by Gasteiger charge is 2.50. The quantitative estimate of drug-likeness (QED) is 0.494. The molecule has 0 aromatic carbocycles. The van der Waals surface area contributed by atoms with Crippen molar-refractivity contribution in [1.82, 2.24) is 10.9 Å². The molecule has 3 aliphatic rings. The van der Waals surface area contributed by atoms with E-state index in [9.17, 15) is 4.79 Å². The molecule has 1 fully saturated rings.